The molecule has 0 aliphatic carbocycles. The van der Waals surface area contributed by atoms with Crippen LogP contribution in [0.15, 0.2) is 0 Å². The zero-order valence-corrected chi connectivity index (χ0v) is 13.1. The predicted octanol–water partition coefficient (Wildman–Crippen LogP) is 3.77. The molecule has 16 heavy (non-hydrogen) atoms. The van der Waals surface area contributed by atoms with E-state index in [1.807, 2.05) is 27.7 Å². The lowest BCUT2D eigenvalue weighted by Crippen LogP contribution is -2.24. The van der Waals surface area contributed by atoms with E-state index < -0.39 is 0 Å². The monoisotopic (exact) mass is 284 g/mol. The van der Waals surface area contributed by atoms with E-state index in [0.717, 1.165) is 27.0 Å². The quantitative estimate of drug-likeness (QED) is 0.306. The zero-order valence-electron chi connectivity index (χ0n) is 10.5. The highest BCUT2D eigenvalue weighted by molar-refractivity contribution is 8.34. The van der Waals surface area contributed by atoms with Crippen LogP contribution >= 0.6 is 32.6 Å². The molecule has 0 spiro atoms. The lowest BCUT2D eigenvalue weighted by Gasteiger charge is -2.15. The van der Waals surface area contributed by atoms with Crippen molar-refractivity contribution in [2.45, 2.75) is 59.0 Å². The summed E-state index contributed by atoms with van der Waals surface area (Å²) in [7, 11) is 0.805. The lowest BCUT2D eigenvalue weighted by molar-refractivity contribution is -0.453. The number of nitrogens with zero attached hydrogens (tertiary/aromatic N) is 1. The minimum atomic E-state index is -0.00161. The Morgan fingerprint density at radius 2 is 1.81 bits per heavy atom. The topological polar surface area (TPSA) is 21.5 Å². The first kappa shape index (κ1) is 16.7. The van der Waals surface area contributed by atoms with Crippen molar-refractivity contribution in [3.8, 4) is 0 Å². The Balaban J connectivity index is 3.93. The van der Waals surface area contributed by atoms with Crippen molar-refractivity contribution in [1.82, 2.24) is 0 Å². The maximum atomic E-state index is 5.75. The summed E-state index contributed by atoms with van der Waals surface area (Å²) < 4.78 is 13.0. The van der Waals surface area contributed by atoms with E-state index in [9.17, 15) is 0 Å². The van der Waals surface area contributed by atoms with E-state index in [1.165, 1.54) is 0 Å². The molecule has 0 radical (unpaired) electrons. The molecule has 0 aliphatic heterocycles. The van der Waals surface area contributed by atoms with Gasteiger partial charge in [-0.1, -0.05) is 0 Å². The van der Waals surface area contributed by atoms with Crippen LogP contribution in [-0.2, 0) is 9.47 Å². The molecule has 0 saturated carbocycles. The van der Waals surface area contributed by atoms with Crippen LogP contribution in [0.25, 0.3) is 0 Å². The van der Waals surface area contributed by atoms with Crippen molar-refractivity contribution in [3.05, 3.63) is 0 Å². The highest BCUT2D eigenvalue weighted by Crippen LogP contribution is 2.17. The largest absolute Gasteiger partial charge is 0.379 e. The van der Waals surface area contributed by atoms with Crippen LogP contribution in [0, 0.1) is 0 Å². The maximum Gasteiger partial charge on any atom is 0.295 e. The zero-order chi connectivity index (χ0) is 12.6. The minimum Gasteiger partial charge on any atom is -0.379 e. The van der Waals surface area contributed by atoms with Crippen molar-refractivity contribution in [2.75, 3.05) is 6.61 Å². The maximum absolute atomic E-state index is 5.75. The van der Waals surface area contributed by atoms with Crippen molar-refractivity contribution >= 4 is 32.6 Å². The van der Waals surface area contributed by atoms with Crippen LogP contribution in [0.4, 0.5) is 0 Å². The molecule has 0 rings (SSSR count). The van der Waals surface area contributed by atoms with Gasteiger partial charge in [0.1, 0.15) is 12.8 Å². The van der Waals surface area contributed by atoms with Gasteiger partial charge < -0.3 is 9.47 Å². The van der Waals surface area contributed by atoms with Gasteiger partial charge >= 0.3 is 0 Å². The first-order valence-electron chi connectivity index (χ1n) is 5.57. The summed E-state index contributed by atoms with van der Waals surface area (Å²) in [6, 6.07) is 0. The summed E-state index contributed by atoms with van der Waals surface area (Å²) in [6.45, 7) is 8.89. The smallest absolute Gasteiger partial charge is 0.295 e. The normalized spacial score (nSPS) is 14.9. The van der Waals surface area contributed by atoms with Gasteiger partial charge in [-0.25, -0.2) is 0 Å². The summed E-state index contributed by atoms with van der Waals surface area (Å²) in [5.41, 5.74) is 0. The third kappa shape index (κ3) is 8.82. The van der Waals surface area contributed by atoms with Gasteiger partial charge in [-0.3, -0.25) is 0 Å². The van der Waals surface area contributed by atoms with Gasteiger partial charge in [0.25, 0.3) is 13.8 Å². The average Bonchev–Trinajstić information content (AvgIpc) is 2.20. The molecule has 0 bridgehead atoms. The number of ether oxygens (including phenoxy) is 2. The number of thiol groups is 2. The molecule has 0 fully saturated rings. The first-order chi connectivity index (χ1) is 7.47. The molecule has 1 unspecified atom stereocenters. The van der Waals surface area contributed by atoms with Gasteiger partial charge in [0.2, 0.25) is 0 Å². The summed E-state index contributed by atoms with van der Waals surface area (Å²) in [4.78, 5) is 0. The summed E-state index contributed by atoms with van der Waals surface area (Å²) >= 11 is 8.49. The van der Waals surface area contributed by atoms with Crippen LogP contribution in [0.2, 0.25) is 0 Å². The molecule has 0 aromatic rings. The van der Waals surface area contributed by atoms with Crippen molar-refractivity contribution in [3.63, 3.8) is 0 Å². The van der Waals surface area contributed by atoms with Gasteiger partial charge in [0, 0.05) is 13.0 Å². The van der Waals surface area contributed by atoms with Crippen LogP contribution in [-0.4, -0.2) is 28.8 Å². The molecule has 0 heterocycles. The van der Waals surface area contributed by atoms with E-state index in [4.69, 9.17) is 9.47 Å². The average molecular weight is 284 g/mol. The second-order valence-electron chi connectivity index (χ2n) is 4.11. The second-order valence-corrected chi connectivity index (χ2v) is 6.00. The fourth-order valence-corrected chi connectivity index (χ4v) is 1.99. The van der Waals surface area contributed by atoms with Crippen LogP contribution < -0.4 is 0 Å². The molecule has 0 aliphatic rings. The predicted molar refractivity (Wildman–Crippen MR) is 75.5 cm³/mol. The minimum absolute atomic E-state index is 0.00161. The fraction of sp³-hybridized carbons (Fsp3) is 1.00. The van der Waals surface area contributed by atoms with Crippen LogP contribution in [0.1, 0.15) is 40.5 Å². The molecular formula is C10H23NO2PS2+. The van der Waals surface area contributed by atoms with E-state index in [1.54, 1.807) is 3.73 Å². The Bertz CT molecular complexity index is 213. The summed E-state index contributed by atoms with van der Waals surface area (Å²) in [5, 5.41) is 0. The lowest BCUT2D eigenvalue weighted by atomic mass is 10.3. The van der Waals surface area contributed by atoms with Crippen molar-refractivity contribution < 1.29 is 13.2 Å². The Morgan fingerprint density at radius 3 is 2.25 bits per heavy atom. The van der Waals surface area contributed by atoms with E-state index in [0.29, 0.717) is 6.10 Å². The summed E-state index contributed by atoms with van der Waals surface area (Å²) in [5.74, 6) is 0. The fourth-order valence-electron chi connectivity index (χ4n) is 1.19. The first-order valence-corrected chi connectivity index (χ1v) is 7.97. The molecule has 0 aromatic heterocycles. The third-order valence-electron chi connectivity index (χ3n) is 1.83. The molecule has 1 atom stereocenters. The molecule has 96 valence electrons. The van der Waals surface area contributed by atoms with Crippen LogP contribution in [0.5, 0.6) is 0 Å². The van der Waals surface area contributed by atoms with Gasteiger partial charge in [-0.15, -0.1) is 3.73 Å². The molecule has 0 aromatic carbocycles. The third-order valence-corrected chi connectivity index (χ3v) is 3.79. The SMILES string of the molecule is CC(C)OCCCC(OC(C)C)[N+](S)=PS. The van der Waals surface area contributed by atoms with Crippen molar-refractivity contribution in [2.24, 2.45) is 0 Å². The molecule has 6 heteroatoms. The number of hydrogen-bond donors (Lipinski definition) is 2. The van der Waals surface area contributed by atoms with E-state index in [2.05, 4.69) is 25.1 Å². The molecule has 0 saturated heterocycles. The second kappa shape index (κ2) is 9.72. The van der Waals surface area contributed by atoms with Gasteiger partial charge in [-0.05, 0) is 46.4 Å². The van der Waals surface area contributed by atoms with Crippen molar-refractivity contribution in [1.29, 1.82) is 0 Å². The van der Waals surface area contributed by atoms with Crippen LogP contribution in [0.3, 0.4) is 0 Å². The molecule has 3 nitrogen and oxygen atoms in total. The highest BCUT2D eigenvalue weighted by Gasteiger charge is 2.20. The highest BCUT2D eigenvalue weighted by atomic mass is 32.7. The van der Waals surface area contributed by atoms with Gasteiger partial charge in [0.05, 0.1) is 12.2 Å². The molecular weight excluding hydrogens is 261 g/mol. The Morgan fingerprint density at radius 1 is 1.19 bits per heavy atom. The van der Waals surface area contributed by atoms with Gasteiger partial charge in [-0.2, -0.15) is 0 Å². The van der Waals surface area contributed by atoms with Gasteiger partial charge in [0.15, 0.2) is 0 Å². The van der Waals surface area contributed by atoms with E-state index in [-0.39, 0.29) is 12.3 Å². The molecule has 0 N–H and O–H groups in total. The van der Waals surface area contributed by atoms with E-state index >= 15 is 0 Å². The Labute approximate surface area is 111 Å². The summed E-state index contributed by atoms with van der Waals surface area (Å²) in [6.07, 6.45) is 2.36. The number of rotatable bonds is 8. The standard InChI is InChI=1S/C10H22NO2PS2/c1-8(2)12-7-5-6-10(11(15)14-16)13-9(3)4/h8-10,15H,5-7H2,1-4H3/p+1. The molecule has 0 amide bonds. The Kier molecular flexibility index (Phi) is 10.2. The number of hydrogen-bond acceptors (Lipinski definition) is 2. The Hall–Kier alpha value is 0.720.